The molecule has 0 fully saturated rings. The molecule has 2 nitrogen and oxygen atoms in total. The van der Waals surface area contributed by atoms with E-state index in [1.807, 2.05) is 30.9 Å². The summed E-state index contributed by atoms with van der Waals surface area (Å²) in [6, 6.07) is 8.35. The van der Waals surface area contributed by atoms with Crippen LogP contribution in [0.5, 0.6) is 0 Å². The van der Waals surface area contributed by atoms with Crippen LogP contribution in [0.3, 0.4) is 0 Å². The fourth-order valence-electron chi connectivity index (χ4n) is 1.78. The molecule has 0 unspecified atom stereocenters. The van der Waals surface area contributed by atoms with Crippen molar-refractivity contribution in [2.24, 2.45) is 0 Å². The average molecular weight is 181 g/mol. The number of hydrogen-bond acceptors (Lipinski definition) is 1. The molecule has 14 heavy (non-hydrogen) atoms. The van der Waals surface area contributed by atoms with Crippen molar-refractivity contribution >= 4 is 21.5 Å². The molecule has 3 aromatic rings. The largest absolute Gasteiger partial charge is 0.264 e. The van der Waals surface area contributed by atoms with Crippen molar-refractivity contribution in [2.45, 2.75) is 0 Å². The summed E-state index contributed by atoms with van der Waals surface area (Å²) in [4.78, 5) is 7.23. The van der Waals surface area contributed by atoms with Gasteiger partial charge in [-0.15, -0.1) is 0 Å². The lowest BCUT2D eigenvalue weighted by Gasteiger charge is -1.99. The van der Waals surface area contributed by atoms with Gasteiger partial charge in [0.15, 0.2) is 12.4 Å². The molecule has 3 rings (SSSR count). The molecule has 2 aromatic heterocycles. The molecule has 1 aromatic carbocycles. The third-order valence-electron chi connectivity index (χ3n) is 2.48. The van der Waals surface area contributed by atoms with Crippen LogP contribution in [-0.2, 0) is 0 Å². The first-order chi connectivity index (χ1) is 6.95. The van der Waals surface area contributed by atoms with Crippen LogP contribution in [0, 0.1) is 0 Å². The zero-order chi connectivity index (χ0) is 9.38. The molecule has 66 valence electrons. The molecule has 0 amide bonds. The number of fused-ring (bicyclic) bond motifs is 3. The first kappa shape index (κ1) is 7.44. The lowest BCUT2D eigenvalue weighted by Crippen LogP contribution is -1.97. The van der Waals surface area contributed by atoms with Crippen LogP contribution in [0.2, 0.25) is 0 Å². The van der Waals surface area contributed by atoms with Gasteiger partial charge >= 0.3 is 0 Å². The molecule has 2 heteroatoms. The maximum Gasteiger partial charge on any atom is 0.174 e. The number of nitrogens with one attached hydrogen (secondary N) is 1. The second-order valence-electron chi connectivity index (χ2n) is 3.31. The van der Waals surface area contributed by atoms with Crippen LogP contribution in [0.25, 0.3) is 21.5 Å². The Morgan fingerprint density at radius 2 is 1.86 bits per heavy atom. The second-order valence-corrected chi connectivity index (χ2v) is 3.31. The highest BCUT2D eigenvalue weighted by Gasteiger charge is 2.00. The van der Waals surface area contributed by atoms with Crippen molar-refractivity contribution < 1.29 is 4.98 Å². The summed E-state index contributed by atoms with van der Waals surface area (Å²) in [5.41, 5.74) is 0. The van der Waals surface area contributed by atoms with Crippen molar-refractivity contribution in [3.05, 3.63) is 49.1 Å². The fraction of sp³-hybridized carbons (Fsp3) is 0. The van der Waals surface area contributed by atoms with E-state index in [1.165, 1.54) is 21.5 Å². The van der Waals surface area contributed by atoms with Gasteiger partial charge in [0.25, 0.3) is 0 Å². The monoisotopic (exact) mass is 181 g/mol. The van der Waals surface area contributed by atoms with E-state index in [1.54, 1.807) is 0 Å². The van der Waals surface area contributed by atoms with Gasteiger partial charge in [0.05, 0.1) is 0 Å². The maximum atomic E-state index is 4.15. The Morgan fingerprint density at radius 1 is 0.929 bits per heavy atom. The van der Waals surface area contributed by atoms with E-state index in [0.717, 1.165) is 0 Å². The topological polar surface area (TPSA) is 27.0 Å². The highest BCUT2D eigenvalue weighted by molar-refractivity contribution is 6.06. The zero-order valence-corrected chi connectivity index (χ0v) is 7.57. The minimum absolute atomic E-state index is 1.21. The van der Waals surface area contributed by atoms with Gasteiger partial charge in [-0.1, -0.05) is 6.07 Å². The van der Waals surface area contributed by atoms with Crippen LogP contribution in [0.1, 0.15) is 0 Å². The minimum atomic E-state index is 1.21. The van der Waals surface area contributed by atoms with Gasteiger partial charge in [-0.05, 0) is 17.5 Å². The van der Waals surface area contributed by atoms with Crippen molar-refractivity contribution in [1.82, 2.24) is 4.98 Å². The normalized spacial score (nSPS) is 10.9. The summed E-state index contributed by atoms with van der Waals surface area (Å²) >= 11 is 0. The summed E-state index contributed by atoms with van der Waals surface area (Å²) in [5.74, 6) is 0. The summed E-state index contributed by atoms with van der Waals surface area (Å²) in [5, 5.41) is 4.90. The van der Waals surface area contributed by atoms with Crippen molar-refractivity contribution in [3.8, 4) is 0 Å². The number of hydrogen-bond donors (Lipinski definition) is 0. The molecular weight excluding hydrogens is 172 g/mol. The minimum Gasteiger partial charge on any atom is -0.264 e. The standard InChI is InChI=1S/C12H8N2/c1-2-10-7-13-6-4-11(10)12-8-14-5-3-9(1)12/h1-8H/p+1. The van der Waals surface area contributed by atoms with Gasteiger partial charge in [0, 0.05) is 34.6 Å². The highest BCUT2D eigenvalue weighted by Crippen LogP contribution is 2.22. The van der Waals surface area contributed by atoms with E-state index >= 15 is 0 Å². The zero-order valence-electron chi connectivity index (χ0n) is 7.57. The fourth-order valence-corrected chi connectivity index (χ4v) is 1.78. The van der Waals surface area contributed by atoms with Gasteiger partial charge in [-0.25, -0.2) is 4.98 Å². The van der Waals surface area contributed by atoms with E-state index in [0.29, 0.717) is 0 Å². The Kier molecular flexibility index (Phi) is 1.47. The summed E-state index contributed by atoms with van der Waals surface area (Å²) in [7, 11) is 0. The first-order valence-corrected chi connectivity index (χ1v) is 4.58. The number of benzene rings is 1. The smallest absolute Gasteiger partial charge is 0.174 e. The Balaban J connectivity index is 2.61. The van der Waals surface area contributed by atoms with E-state index in [2.05, 4.69) is 28.2 Å². The van der Waals surface area contributed by atoms with E-state index in [9.17, 15) is 0 Å². The summed E-state index contributed by atoms with van der Waals surface area (Å²) in [6.07, 6.45) is 7.68. The van der Waals surface area contributed by atoms with Crippen molar-refractivity contribution in [3.63, 3.8) is 0 Å². The number of nitrogens with zero attached hydrogens (tertiary/aromatic N) is 1. The number of H-pyrrole nitrogens is 1. The van der Waals surface area contributed by atoms with Gasteiger partial charge in [-0.3, -0.25) is 4.98 Å². The molecule has 0 spiro atoms. The van der Waals surface area contributed by atoms with Gasteiger partial charge in [0.1, 0.15) is 0 Å². The molecule has 0 aliphatic carbocycles. The average Bonchev–Trinajstić information content (AvgIpc) is 2.29. The predicted octanol–water partition coefficient (Wildman–Crippen LogP) is 2.20. The molecular formula is C12H9N2+. The second kappa shape index (κ2) is 2.77. The van der Waals surface area contributed by atoms with Crippen LogP contribution in [0.15, 0.2) is 49.1 Å². The quantitative estimate of drug-likeness (QED) is 0.488. The van der Waals surface area contributed by atoms with Crippen LogP contribution >= 0.6 is 0 Å². The van der Waals surface area contributed by atoms with Crippen LogP contribution in [0.4, 0.5) is 0 Å². The number of pyridine rings is 2. The molecule has 1 N–H and O–H groups in total. The SMILES string of the molecule is c1cc2ccc3c[nH+]ccc3c2cn1. The lowest BCUT2D eigenvalue weighted by molar-refractivity contribution is -0.375. The Hall–Kier alpha value is -1.96. The predicted molar refractivity (Wildman–Crippen MR) is 55.8 cm³/mol. The van der Waals surface area contributed by atoms with Crippen LogP contribution < -0.4 is 4.98 Å². The first-order valence-electron chi connectivity index (χ1n) is 4.58. The number of aromatic nitrogens is 2. The molecule has 2 heterocycles. The molecule has 0 aliphatic heterocycles. The number of rotatable bonds is 0. The van der Waals surface area contributed by atoms with Crippen LogP contribution in [-0.4, -0.2) is 4.98 Å². The van der Waals surface area contributed by atoms with E-state index in [4.69, 9.17) is 0 Å². The van der Waals surface area contributed by atoms with E-state index < -0.39 is 0 Å². The maximum absolute atomic E-state index is 4.15. The molecule has 0 aliphatic rings. The van der Waals surface area contributed by atoms with E-state index in [-0.39, 0.29) is 0 Å². The third kappa shape index (κ3) is 0.973. The van der Waals surface area contributed by atoms with Crippen molar-refractivity contribution in [2.75, 3.05) is 0 Å². The molecule has 0 saturated carbocycles. The highest BCUT2D eigenvalue weighted by atomic mass is 14.6. The third-order valence-corrected chi connectivity index (χ3v) is 2.48. The molecule has 0 bridgehead atoms. The Bertz CT molecular complexity index is 547. The number of aromatic amines is 1. The molecule has 0 radical (unpaired) electrons. The molecule has 0 saturated heterocycles. The summed E-state index contributed by atoms with van der Waals surface area (Å²) in [6.45, 7) is 0. The lowest BCUT2D eigenvalue weighted by atomic mass is 10.1. The Morgan fingerprint density at radius 3 is 2.86 bits per heavy atom. The van der Waals surface area contributed by atoms with Crippen molar-refractivity contribution in [1.29, 1.82) is 0 Å². The van der Waals surface area contributed by atoms with Gasteiger partial charge in [0.2, 0.25) is 0 Å². The van der Waals surface area contributed by atoms with Gasteiger partial charge < -0.3 is 0 Å². The summed E-state index contributed by atoms with van der Waals surface area (Å²) < 4.78 is 0. The van der Waals surface area contributed by atoms with Gasteiger partial charge in [-0.2, -0.15) is 0 Å². The molecule has 0 atom stereocenters. The Labute approximate surface area is 81.2 Å².